The minimum atomic E-state index is 0.365. The maximum Gasteiger partial charge on any atom is 0.0518 e. The van der Waals surface area contributed by atoms with E-state index in [9.17, 15) is 0 Å². The van der Waals surface area contributed by atoms with Crippen molar-refractivity contribution in [2.45, 2.75) is 32.8 Å². The first-order valence-corrected chi connectivity index (χ1v) is 8.07. The molecule has 0 spiro atoms. The van der Waals surface area contributed by atoms with Crippen molar-refractivity contribution in [2.75, 3.05) is 50.8 Å². The summed E-state index contributed by atoms with van der Waals surface area (Å²) in [4.78, 5) is 2.58. The van der Waals surface area contributed by atoms with E-state index in [1.54, 1.807) is 0 Å². The van der Waals surface area contributed by atoms with Gasteiger partial charge in [0.25, 0.3) is 0 Å². The zero-order chi connectivity index (χ0) is 12.3. The summed E-state index contributed by atoms with van der Waals surface area (Å²) in [5.41, 5.74) is 0. The van der Waals surface area contributed by atoms with Gasteiger partial charge in [-0.05, 0) is 45.5 Å². The Balaban J connectivity index is 1.86. The molecule has 3 nitrogen and oxygen atoms in total. The summed E-state index contributed by atoms with van der Waals surface area (Å²) in [6.45, 7) is 11.0. The second-order valence-electron chi connectivity index (χ2n) is 4.83. The molecule has 0 aliphatic carbocycles. The molecule has 1 fully saturated rings. The van der Waals surface area contributed by atoms with Crippen molar-refractivity contribution in [3.63, 3.8) is 0 Å². The maximum atomic E-state index is 5.50. The molecule has 0 unspecified atom stereocenters. The van der Waals surface area contributed by atoms with Gasteiger partial charge in [0.05, 0.1) is 6.10 Å². The number of nitrogens with one attached hydrogen (secondary N) is 1. The molecule has 0 saturated carbocycles. The average Bonchev–Trinajstić information content (AvgIpc) is 2.56. The lowest BCUT2D eigenvalue weighted by atomic mass is 10.4. The highest BCUT2D eigenvalue weighted by atomic mass is 32.2. The van der Waals surface area contributed by atoms with Crippen LogP contribution >= 0.6 is 11.8 Å². The largest absolute Gasteiger partial charge is 0.379 e. The van der Waals surface area contributed by atoms with Crippen LogP contribution < -0.4 is 5.32 Å². The summed E-state index contributed by atoms with van der Waals surface area (Å²) in [6.07, 6.45) is 2.84. The summed E-state index contributed by atoms with van der Waals surface area (Å²) < 4.78 is 5.50. The Labute approximate surface area is 111 Å². The van der Waals surface area contributed by atoms with E-state index < -0.39 is 0 Å². The van der Waals surface area contributed by atoms with Crippen LogP contribution in [-0.4, -0.2) is 61.8 Å². The van der Waals surface area contributed by atoms with E-state index in [0.717, 1.165) is 26.1 Å². The van der Waals surface area contributed by atoms with Crippen LogP contribution in [0.2, 0.25) is 0 Å². The highest BCUT2D eigenvalue weighted by molar-refractivity contribution is 7.99. The molecule has 17 heavy (non-hydrogen) atoms. The predicted molar refractivity (Wildman–Crippen MR) is 77.0 cm³/mol. The molecule has 1 aliphatic heterocycles. The minimum Gasteiger partial charge on any atom is -0.379 e. The third-order valence-electron chi connectivity index (χ3n) is 2.87. The molecule has 0 bridgehead atoms. The third kappa shape index (κ3) is 8.89. The van der Waals surface area contributed by atoms with E-state index in [-0.39, 0.29) is 0 Å². The van der Waals surface area contributed by atoms with E-state index in [0.29, 0.717) is 6.10 Å². The van der Waals surface area contributed by atoms with Gasteiger partial charge in [-0.1, -0.05) is 0 Å². The first kappa shape index (κ1) is 15.3. The van der Waals surface area contributed by atoms with Gasteiger partial charge >= 0.3 is 0 Å². The molecule has 0 aromatic carbocycles. The molecule has 1 N–H and O–H groups in total. The van der Waals surface area contributed by atoms with Gasteiger partial charge in [-0.15, -0.1) is 0 Å². The van der Waals surface area contributed by atoms with Crippen molar-refractivity contribution in [2.24, 2.45) is 0 Å². The van der Waals surface area contributed by atoms with Crippen molar-refractivity contribution in [1.29, 1.82) is 0 Å². The van der Waals surface area contributed by atoms with Gasteiger partial charge in [0, 0.05) is 32.0 Å². The van der Waals surface area contributed by atoms with Crippen LogP contribution in [0.5, 0.6) is 0 Å². The Morgan fingerprint density at radius 1 is 1.24 bits per heavy atom. The zero-order valence-corrected chi connectivity index (χ0v) is 12.2. The molecular formula is C13H28N2OS. The van der Waals surface area contributed by atoms with Crippen molar-refractivity contribution in [1.82, 2.24) is 10.2 Å². The van der Waals surface area contributed by atoms with Gasteiger partial charge in [-0.25, -0.2) is 0 Å². The SMILES string of the molecule is CC(C)OCCCNCCN1CCCSCC1. The van der Waals surface area contributed by atoms with Crippen LogP contribution in [0.15, 0.2) is 0 Å². The Morgan fingerprint density at radius 2 is 2.12 bits per heavy atom. The highest BCUT2D eigenvalue weighted by Gasteiger charge is 2.07. The molecule has 1 aliphatic rings. The lowest BCUT2D eigenvalue weighted by Crippen LogP contribution is -2.34. The summed E-state index contributed by atoms with van der Waals surface area (Å²) in [5, 5.41) is 3.50. The van der Waals surface area contributed by atoms with Crippen LogP contribution in [-0.2, 0) is 4.74 Å². The lowest BCUT2D eigenvalue weighted by Gasteiger charge is -2.19. The van der Waals surface area contributed by atoms with Gasteiger partial charge in [-0.2, -0.15) is 11.8 Å². The average molecular weight is 260 g/mol. The normalized spacial score (nSPS) is 18.5. The second-order valence-corrected chi connectivity index (χ2v) is 6.06. The molecular weight excluding hydrogens is 232 g/mol. The van der Waals surface area contributed by atoms with Crippen LogP contribution in [0, 0.1) is 0 Å². The molecule has 1 saturated heterocycles. The molecule has 102 valence electrons. The fraction of sp³-hybridized carbons (Fsp3) is 1.00. The minimum absolute atomic E-state index is 0.365. The fourth-order valence-corrected chi connectivity index (χ4v) is 2.82. The van der Waals surface area contributed by atoms with Gasteiger partial charge in [0.2, 0.25) is 0 Å². The Morgan fingerprint density at radius 3 is 2.94 bits per heavy atom. The van der Waals surface area contributed by atoms with Crippen molar-refractivity contribution in [3.8, 4) is 0 Å². The zero-order valence-electron chi connectivity index (χ0n) is 11.4. The van der Waals surface area contributed by atoms with Crippen molar-refractivity contribution >= 4 is 11.8 Å². The highest BCUT2D eigenvalue weighted by Crippen LogP contribution is 2.08. The predicted octanol–water partition coefficient (Wildman–Crippen LogP) is 1.83. The van der Waals surface area contributed by atoms with Gasteiger partial charge < -0.3 is 15.0 Å². The summed E-state index contributed by atoms with van der Waals surface area (Å²) in [5.74, 6) is 2.65. The number of ether oxygens (including phenoxy) is 1. The maximum absolute atomic E-state index is 5.50. The smallest absolute Gasteiger partial charge is 0.0518 e. The molecule has 0 aromatic heterocycles. The standard InChI is InChI=1S/C13H28N2OS/c1-13(2)16-10-3-5-14-6-8-15-7-4-11-17-12-9-15/h13-14H,3-12H2,1-2H3. The second kappa shape index (κ2) is 10.2. The van der Waals surface area contributed by atoms with E-state index in [1.165, 1.54) is 37.6 Å². The van der Waals surface area contributed by atoms with E-state index in [2.05, 4.69) is 35.8 Å². The van der Waals surface area contributed by atoms with Crippen LogP contribution in [0.4, 0.5) is 0 Å². The number of nitrogens with zero attached hydrogens (tertiary/aromatic N) is 1. The van der Waals surface area contributed by atoms with E-state index in [4.69, 9.17) is 4.74 Å². The van der Waals surface area contributed by atoms with Gasteiger partial charge in [0.1, 0.15) is 0 Å². The number of hydrogen-bond acceptors (Lipinski definition) is 4. The molecule has 1 heterocycles. The van der Waals surface area contributed by atoms with Gasteiger partial charge in [-0.3, -0.25) is 0 Å². The molecule has 4 heteroatoms. The fourth-order valence-electron chi connectivity index (χ4n) is 1.90. The van der Waals surface area contributed by atoms with Crippen LogP contribution in [0.3, 0.4) is 0 Å². The van der Waals surface area contributed by atoms with Gasteiger partial charge in [0.15, 0.2) is 0 Å². The third-order valence-corrected chi connectivity index (χ3v) is 3.92. The first-order valence-electron chi connectivity index (χ1n) is 6.91. The quantitative estimate of drug-likeness (QED) is 0.673. The molecule has 0 aromatic rings. The molecule has 0 amide bonds. The molecule has 0 radical (unpaired) electrons. The molecule has 1 rings (SSSR count). The Bertz CT molecular complexity index is 171. The number of hydrogen-bond donors (Lipinski definition) is 1. The lowest BCUT2D eigenvalue weighted by molar-refractivity contribution is 0.0770. The first-order chi connectivity index (χ1) is 8.29. The number of rotatable bonds is 8. The molecule has 0 atom stereocenters. The summed E-state index contributed by atoms with van der Waals surface area (Å²) >= 11 is 2.09. The van der Waals surface area contributed by atoms with Crippen LogP contribution in [0.1, 0.15) is 26.7 Å². The number of thioether (sulfide) groups is 1. The van der Waals surface area contributed by atoms with Crippen molar-refractivity contribution in [3.05, 3.63) is 0 Å². The Kier molecular flexibility index (Phi) is 9.16. The summed E-state index contributed by atoms with van der Waals surface area (Å²) in [7, 11) is 0. The Hall–Kier alpha value is 0.230. The van der Waals surface area contributed by atoms with Crippen LogP contribution in [0.25, 0.3) is 0 Å². The monoisotopic (exact) mass is 260 g/mol. The van der Waals surface area contributed by atoms with E-state index in [1.807, 2.05) is 0 Å². The topological polar surface area (TPSA) is 24.5 Å². The van der Waals surface area contributed by atoms with Crippen molar-refractivity contribution < 1.29 is 4.74 Å². The van der Waals surface area contributed by atoms with E-state index >= 15 is 0 Å². The summed E-state index contributed by atoms with van der Waals surface area (Å²) in [6, 6.07) is 0.